The molecule has 1 aromatic carbocycles. The van der Waals surface area contributed by atoms with Crippen molar-refractivity contribution in [3.63, 3.8) is 0 Å². The molecule has 35 heavy (non-hydrogen) atoms. The van der Waals surface area contributed by atoms with Gasteiger partial charge in [0.25, 0.3) is 0 Å². The van der Waals surface area contributed by atoms with Gasteiger partial charge >= 0.3 is 5.97 Å². The summed E-state index contributed by atoms with van der Waals surface area (Å²) >= 11 is 2.78. The van der Waals surface area contributed by atoms with E-state index in [0.717, 1.165) is 42.6 Å². The SMILES string of the molecule is CCOC(=O)c1c(NC(=O)CSc2nnc(C(C)Oc3cccc(C)c3)n2C)sc2c1CCCC2. The zero-order valence-electron chi connectivity index (χ0n) is 20.4. The first-order chi connectivity index (χ1) is 16.9. The molecule has 1 amide bonds. The number of hydrogen-bond donors (Lipinski definition) is 1. The molecule has 3 aromatic rings. The first-order valence-electron chi connectivity index (χ1n) is 11.7. The second-order valence-corrected chi connectivity index (χ2v) is 10.5. The molecule has 1 atom stereocenters. The number of aryl methyl sites for hydroxylation is 2. The molecule has 10 heteroatoms. The Morgan fingerprint density at radius 2 is 2.06 bits per heavy atom. The van der Waals surface area contributed by atoms with Gasteiger partial charge in [-0.1, -0.05) is 23.9 Å². The lowest BCUT2D eigenvalue weighted by molar-refractivity contribution is -0.113. The number of amides is 1. The Morgan fingerprint density at radius 1 is 1.26 bits per heavy atom. The number of carbonyl (C=O) groups is 2. The fourth-order valence-corrected chi connectivity index (χ4v) is 6.13. The molecular formula is C25H30N4O4S2. The Bertz CT molecular complexity index is 1220. The normalized spacial score (nSPS) is 13.7. The third kappa shape index (κ3) is 5.87. The summed E-state index contributed by atoms with van der Waals surface area (Å²) in [4.78, 5) is 26.6. The Labute approximate surface area is 213 Å². The van der Waals surface area contributed by atoms with E-state index in [1.165, 1.54) is 28.0 Å². The van der Waals surface area contributed by atoms with E-state index < -0.39 is 0 Å². The zero-order chi connectivity index (χ0) is 24.9. The maximum atomic E-state index is 12.8. The number of anilines is 1. The molecule has 1 N–H and O–H groups in total. The van der Waals surface area contributed by atoms with Crippen LogP contribution < -0.4 is 10.1 Å². The number of aromatic nitrogens is 3. The van der Waals surface area contributed by atoms with Crippen molar-refractivity contribution in [3.8, 4) is 5.75 Å². The number of ether oxygens (including phenoxy) is 2. The van der Waals surface area contributed by atoms with Crippen molar-refractivity contribution in [3.05, 3.63) is 51.7 Å². The topological polar surface area (TPSA) is 95.3 Å². The van der Waals surface area contributed by atoms with Gasteiger partial charge in [0.05, 0.1) is 17.9 Å². The first-order valence-corrected chi connectivity index (χ1v) is 13.5. The number of nitrogens with one attached hydrogen (secondary N) is 1. The second kappa shape index (κ2) is 11.3. The summed E-state index contributed by atoms with van der Waals surface area (Å²) in [7, 11) is 1.86. The van der Waals surface area contributed by atoms with Gasteiger partial charge in [0.1, 0.15) is 10.8 Å². The fraction of sp³-hybridized carbons (Fsp3) is 0.440. The molecule has 4 rings (SSSR count). The average Bonchev–Trinajstić information content (AvgIpc) is 3.37. The van der Waals surface area contributed by atoms with Gasteiger partial charge in [-0.3, -0.25) is 4.79 Å². The minimum absolute atomic E-state index is 0.143. The number of hydrogen-bond acceptors (Lipinski definition) is 8. The predicted octanol–water partition coefficient (Wildman–Crippen LogP) is 5.11. The standard InChI is InChI=1S/C25H30N4O4S2/c1-5-32-24(31)21-18-11-6-7-12-19(18)35-23(21)26-20(30)14-34-25-28-27-22(29(25)4)16(3)33-17-10-8-9-15(2)13-17/h8-10,13,16H,5-7,11-12,14H2,1-4H3,(H,26,30). The summed E-state index contributed by atoms with van der Waals surface area (Å²) in [6.45, 7) is 6.02. The Hall–Kier alpha value is -2.85. The molecule has 1 unspecified atom stereocenters. The molecule has 0 radical (unpaired) electrons. The molecule has 0 aliphatic heterocycles. The van der Waals surface area contributed by atoms with Crippen LogP contribution in [0, 0.1) is 6.92 Å². The van der Waals surface area contributed by atoms with Crippen LogP contribution in [0.15, 0.2) is 29.4 Å². The number of nitrogens with zero attached hydrogens (tertiary/aromatic N) is 3. The Balaban J connectivity index is 1.40. The molecule has 0 fully saturated rings. The van der Waals surface area contributed by atoms with E-state index in [-0.39, 0.29) is 23.7 Å². The largest absolute Gasteiger partial charge is 0.483 e. The lowest BCUT2D eigenvalue weighted by Crippen LogP contribution is -2.17. The third-order valence-corrected chi connectivity index (χ3v) is 8.00. The molecule has 0 bridgehead atoms. The smallest absolute Gasteiger partial charge is 0.341 e. The van der Waals surface area contributed by atoms with E-state index in [1.54, 1.807) is 6.92 Å². The Morgan fingerprint density at radius 3 is 2.83 bits per heavy atom. The van der Waals surface area contributed by atoms with Crippen molar-refractivity contribution in [1.29, 1.82) is 0 Å². The molecule has 0 spiro atoms. The molecule has 8 nitrogen and oxygen atoms in total. The van der Waals surface area contributed by atoms with Gasteiger partial charge in [0.15, 0.2) is 17.1 Å². The summed E-state index contributed by atoms with van der Waals surface area (Å²) in [5.74, 6) is 1.02. The molecular weight excluding hydrogens is 484 g/mol. The van der Waals surface area contributed by atoms with Crippen molar-refractivity contribution in [2.24, 2.45) is 7.05 Å². The van der Waals surface area contributed by atoms with Crippen LogP contribution in [0.2, 0.25) is 0 Å². The number of benzene rings is 1. The highest BCUT2D eigenvalue weighted by molar-refractivity contribution is 7.99. The molecule has 2 aromatic heterocycles. The van der Waals surface area contributed by atoms with Crippen molar-refractivity contribution in [2.45, 2.75) is 57.7 Å². The number of fused-ring (bicyclic) bond motifs is 1. The summed E-state index contributed by atoms with van der Waals surface area (Å²) in [5.41, 5.74) is 2.67. The van der Waals surface area contributed by atoms with Gasteiger partial charge < -0.3 is 19.4 Å². The van der Waals surface area contributed by atoms with Crippen LogP contribution in [0.3, 0.4) is 0 Å². The summed E-state index contributed by atoms with van der Waals surface area (Å²) in [5, 5.41) is 12.7. The van der Waals surface area contributed by atoms with E-state index in [4.69, 9.17) is 9.47 Å². The van der Waals surface area contributed by atoms with Crippen LogP contribution in [-0.4, -0.2) is 39.0 Å². The number of rotatable bonds is 9. The fourth-order valence-electron chi connectivity index (χ4n) is 4.12. The third-order valence-electron chi connectivity index (χ3n) is 5.77. The van der Waals surface area contributed by atoms with E-state index >= 15 is 0 Å². The van der Waals surface area contributed by atoms with Crippen LogP contribution in [0.5, 0.6) is 5.75 Å². The van der Waals surface area contributed by atoms with Gasteiger partial charge in [-0.05, 0) is 69.7 Å². The highest BCUT2D eigenvalue weighted by Crippen LogP contribution is 2.38. The summed E-state index contributed by atoms with van der Waals surface area (Å²) in [6, 6.07) is 7.85. The second-order valence-electron chi connectivity index (χ2n) is 8.45. The summed E-state index contributed by atoms with van der Waals surface area (Å²) < 4.78 is 13.1. The number of carbonyl (C=O) groups excluding carboxylic acids is 2. The van der Waals surface area contributed by atoms with Gasteiger partial charge in [-0.25, -0.2) is 4.79 Å². The monoisotopic (exact) mass is 514 g/mol. The maximum absolute atomic E-state index is 12.8. The number of esters is 1. The quantitative estimate of drug-likeness (QED) is 0.313. The number of thioether (sulfide) groups is 1. The van der Waals surface area contributed by atoms with Crippen molar-refractivity contribution in [1.82, 2.24) is 14.8 Å². The van der Waals surface area contributed by atoms with Crippen LogP contribution in [0.25, 0.3) is 0 Å². The van der Waals surface area contributed by atoms with Crippen molar-refractivity contribution >= 4 is 40.0 Å². The maximum Gasteiger partial charge on any atom is 0.341 e. The van der Waals surface area contributed by atoms with Gasteiger partial charge in [-0.2, -0.15) is 0 Å². The highest BCUT2D eigenvalue weighted by atomic mass is 32.2. The number of thiophene rings is 1. The van der Waals surface area contributed by atoms with E-state index in [9.17, 15) is 9.59 Å². The minimum Gasteiger partial charge on any atom is -0.483 e. The predicted molar refractivity (Wildman–Crippen MR) is 137 cm³/mol. The van der Waals surface area contributed by atoms with E-state index in [0.29, 0.717) is 28.2 Å². The van der Waals surface area contributed by atoms with Gasteiger partial charge in [0, 0.05) is 11.9 Å². The van der Waals surface area contributed by atoms with Crippen molar-refractivity contribution < 1.29 is 19.1 Å². The molecule has 0 saturated heterocycles. The molecule has 0 saturated carbocycles. The lowest BCUT2D eigenvalue weighted by Gasteiger charge is -2.14. The highest BCUT2D eigenvalue weighted by Gasteiger charge is 2.27. The lowest BCUT2D eigenvalue weighted by atomic mass is 9.95. The molecule has 1 aliphatic carbocycles. The molecule has 186 valence electrons. The summed E-state index contributed by atoms with van der Waals surface area (Å²) in [6.07, 6.45) is 3.61. The van der Waals surface area contributed by atoms with Crippen LogP contribution in [0.4, 0.5) is 5.00 Å². The van der Waals surface area contributed by atoms with Gasteiger partial charge in [0.2, 0.25) is 5.91 Å². The van der Waals surface area contributed by atoms with Crippen LogP contribution in [0.1, 0.15) is 65.0 Å². The van der Waals surface area contributed by atoms with Crippen LogP contribution in [-0.2, 0) is 29.4 Å². The van der Waals surface area contributed by atoms with Crippen LogP contribution >= 0.6 is 23.1 Å². The Kier molecular flexibility index (Phi) is 8.12. The van der Waals surface area contributed by atoms with Gasteiger partial charge in [-0.15, -0.1) is 21.5 Å². The van der Waals surface area contributed by atoms with E-state index in [2.05, 4.69) is 15.5 Å². The van der Waals surface area contributed by atoms with E-state index in [1.807, 2.05) is 49.7 Å². The average molecular weight is 515 g/mol. The zero-order valence-corrected chi connectivity index (χ0v) is 22.1. The first kappa shape index (κ1) is 25.2. The minimum atomic E-state index is -0.365. The molecule has 2 heterocycles. The molecule has 1 aliphatic rings. The van der Waals surface area contributed by atoms with Crippen molar-refractivity contribution in [2.75, 3.05) is 17.7 Å².